The predicted molar refractivity (Wildman–Crippen MR) is 87.0 cm³/mol. The van der Waals surface area contributed by atoms with Crippen molar-refractivity contribution >= 4 is 23.3 Å². The molecular formula is C16H19N3O6. The van der Waals surface area contributed by atoms with E-state index in [1.807, 2.05) is 0 Å². The molecular weight excluding hydrogens is 330 g/mol. The Morgan fingerprint density at radius 2 is 2.12 bits per heavy atom. The minimum absolute atomic E-state index is 0.144. The zero-order chi connectivity index (χ0) is 18.0. The molecule has 0 bridgehead atoms. The van der Waals surface area contributed by atoms with Gasteiger partial charge in [0.1, 0.15) is 11.3 Å². The van der Waals surface area contributed by atoms with E-state index >= 15 is 0 Å². The lowest BCUT2D eigenvalue weighted by molar-refractivity contribution is 0.0562. The van der Waals surface area contributed by atoms with Crippen molar-refractivity contribution in [2.75, 3.05) is 26.2 Å². The highest BCUT2D eigenvalue weighted by Crippen LogP contribution is 2.22. The number of carboxylic acid groups (broad SMARTS) is 2. The van der Waals surface area contributed by atoms with Crippen LogP contribution in [0.3, 0.4) is 0 Å². The van der Waals surface area contributed by atoms with Gasteiger partial charge in [-0.05, 0) is 12.1 Å². The van der Waals surface area contributed by atoms with Crippen LogP contribution >= 0.6 is 0 Å². The van der Waals surface area contributed by atoms with E-state index in [4.69, 9.17) is 14.3 Å². The number of carbonyl (C=O) groups is 2. The number of rotatable bonds is 4. The summed E-state index contributed by atoms with van der Waals surface area (Å²) in [5, 5.41) is 18.4. The Hall–Kier alpha value is -2.97. The minimum Gasteiger partial charge on any atom is -0.493 e. The van der Waals surface area contributed by atoms with Gasteiger partial charge in [-0.1, -0.05) is 0 Å². The van der Waals surface area contributed by atoms with Crippen molar-refractivity contribution in [1.82, 2.24) is 14.8 Å². The molecule has 1 aliphatic rings. The van der Waals surface area contributed by atoms with Gasteiger partial charge in [0.05, 0.1) is 12.6 Å². The molecule has 2 N–H and O–H groups in total. The summed E-state index contributed by atoms with van der Waals surface area (Å²) in [5.74, 6) is 1.16. The number of ether oxygens (including phenoxy) is 1. The Kier molecular flexibility index (Phi) is 4.64. The van der Waals surface area contributed by atoms with Crippen LogP contribution < -0.4 is 4.74 Å². The van der Waals surface area contributed by atoms with Crippen molar-refractivity contribution in [3.63, 3.8) is 0 Å². The molecule has 3 rings (SSSR count). The molecule has 1 saturated heterocycles. The van der Waals surface area contributed by atoms with Gasteiger partial charge in [0.25, 0.3) is 0 Å². The number of aryl methyl sites for hydroxylation is 1. The number of hydrogen-bond donors (Lipinski definition) is 2. The van der Waals surface area contributed by atoms with Crippen molar-refractivity contribution in [2.45, 2.75) is 19.4 Å². The molecule has 134 valence electrons. The lowest BCUT2D eigenvalue weighted by Gasteiger charge is -2.38. The molecule has 2 aromatic rings. The fourth-order valence-electron chi connectivity index (χ4n) is 2.95. The largest absolute Gasteiger partial charge is 0.493 e. The Morgan fingerprint density at radius 1 is 1.32 bits per heavy atom. The van der Waals surface area contributed by atoms with Gasteiger partial charge in [-0.15, -0.1) is 0 Å². The van der Waals surface area contributed by atoms with E-state index in [1.165, 1.54) is 9.80 Å². The molecule has 0 spiro atoms. The van der Waals surface area contributed by atoms with Crippen molar-refractivity contribution in [3.8, 4) is 5.75 Å². The highest BCUT2D eigenvalue weighted by molar-refractivity contribution is 5.74. The van der Waals surface area contributed by atoms with Crippen LogP contribution in [0.2, 0.25) is 0 Å². The van der Waals surface area contributed by atoms with Gasteiger partial charge in [-0.3, -0.25) is 0 Å². The molecule has 0 saturated carbocycles. The third-order valence-corrected chi connectivity index (χ3v) is 4.19. The third kappa shape index (κ3) is 3.76. The molecule has 0 aliphatic carbocycles. The summed E-state index contributed by atoms with van der Waals surface area (Å²) in [7, 11) is 0. The van der Waals surface area contributed by atoms with E-state index in [-0.39, 0.29) is 26.2 Å². The van der Waals surface area contributed by atoms with E-state index in [0.717, 1.165) is 5.52 Å². The zero-order valence-corrected chi connectivity index (χ0v) is 13.7. The number of fused-ring (bicyclic) bond motifs is 1. The molecule has 2 heterocycles. The monoisotopic (exact) mass is 349 g/mol. The van der Waals surface area contributed by atoms with Gasteiger partial charge < -0.3 is 29.2 Å². The van der Waals surface area contributed by atoms with E-state index < -0.39 is 18.2 Å². The number of benzene rings is 1. The first-order valence-corrected chi connectivity index (χ1v) is 7.91. The molecule has 1 aliphatic heterocycles. The Balaban J connectivity index is 1.61. The van der Waals surface area contributed by atoms with Crippen LogP contribution in [0.1, 0.15) is 12.3 Å². The molecule has 1 atom stereocenters. The fraction of sp³-hybridized carbons (Fsp3) is 0.438. The van der Waals surface area contributed by atoms with E-state index in [9.17, 15) is 14.7 Å². The summed E-state index contributed by atoms with van der Waals surface area (Å²) >= 11 is 0. The number of piperazine rings is 1. The number of amides is 2. The summed E-state index contributed by atoms with van der Waals surface area (Å²) in [6.45, 7) is 2.51. The van der Waals surface area contributed by atoms with Gasteiger partial charge >= 0.3 is 12.2 Å². The summed E-state index contributed by atoms with van der Waals surface area (Å²) in [4.78, 5) is 29.1. The van der Waals surface area contributed by atoms with Crippen LogP contribution in [0, 0.1) is 6.92 Å². The molecule has 0 unspecified atom stereocenters. The highest BCUT2D eigenvalue weighted by atomic mass is 16.5. The third-order valence-electron chi connectivity index (χ3n) is 4.19. The van der Waals surface area contributed by atoms with Gasteiger partial charge in [-0.2, -0.15) is 0 Å². The maximum Gasteiger partial charge on any atom is 0.407 e. The van der Waals surface area contributed by atoms with Crippen molar-refractivity contribution < 1.29 is 29.0 Å². The van der Waals surface area contributed by atoms with Crippen LogP contribution in [0.4, 0.5) is 9.59 Å². The average molecular weight is 349 g/mol. The van der Waals surface area contributed by atoms with E-state index in [0.29, 0.717) is 23.6 Å². The first-order chi connectivity index (χ1) is 11.9. The smallest absolute Gasteiger partial charge is 0.407 e. The van der Waals surface area contributed by atoms with Gasteiger partial charge in [0, 0.05) is 39.0 Å². The Bertz CT molecular complexity index is 789. The molecule has 1 fully saturated rings. The van der Waals surface area contributed by atoms with Crippen molar-refractivity contribution in [3.05, 3.63) is 24.1 Å². The Labute approximate surface area is 143 Å². The van der Waals surface area contributed by atoms with Gasteiger partial charge in [0.2, 0.25) is 0 Å². The summed E-state index contributed by atoms with van der Waals surface area (Å²) in [6.07, 6.45) is -1.69. The lowest BCUT2D eigenvalue weighted by atomic mass is 10.1. The van der Waals surface area contributed by atoms with E-state index in [2.05, 4.69) is 4.98 Å². The Morgan fingerprint density at radius 3 is 2.84 bits per heavy atom. The summed E-state index contributed by atoms with van der Waals surface area (Å²) in [5.41, 5.74) is 1.36. The standard InChI is InChI=1S/C16H19N3O6/c1-10-17-13-3-2-12(8-14(13)25-10)24-7-4-11-9-18(15(20)21)5-6-19(11)16(22)23/h2-3,8,11H,4-7,9H2,1H3,(H,20,21)(H,22,23)/t11-/m1/s1. The normalized spacial score (nSPS) is 17.7. The quantitative estimate of drug-likeness (QED) is 0.869. The second kappa shape index (κ2) is 6.88. The molecule has 9 nitrogen and oxygen atoms in total. The number of nitrogens with zero attached hydrogens (tertiary/aromatic N) is 3. The second-order valence-corrected chi connectivity index (χ2v) is 5.86. The molecule has 0 radical (unpaired) electrons. The SMILES string of the molecule is Cc1nc2ccc(OCC[C@@H]3CN(C(=O)O)CCN3C(=O)O)cc2o1. The maximum atomic E-state index is 11.3. The lowest BCUT2D eigenvalue weighted by Crippen LogP contribution is -2.56. The first-order valence-electron chi connectivity index (χ1n) is 7.91. The minimum atomic E-state index is -1.05. The summed E-state index contributed by atoms with van der Waals surface area (Å²) < 4.78 is 11.1. The van der Waals surface area contributed by atoms with E-state index in [1.54, 1.807) is 25.1 Å². The van der Waals surface area contributed by atoms with Gasteiger partial charge in [-0.25, -0.2) is 14.6 Å². The van der Waals surface area contributed by atoms with Crippen LogP contribution in [-0.2, 0) is 0 Å². The number of aromatic nitrogens is 1. The molecule has 2 amide bonds. The number of hydrogen-bond acceptors (Lipinski definition) is 5. The first kappa shape index (κ1) is 16.9. The molecule has 25 heavy (non-hydrogen) atoms. The van der Waals surface area contributed by atoms with Crippen molar-refractivity contribution in [2.24, 2.45) is 0 Å². The predicted octanol–water partition coefficient (Wildman–Crippen LogP) is 2.25. The molecule has 1 aromatic heterocycles. The second-order valence-electron chi connectivity index (χ2n) is 5.86. The fourth-order valence-corrected chi connectivity index (χ4v) is 2.95. The van der Waals surface area contributed by atoms with Crippen LogP contribution in [-0.4, -0.2) is 69.5 Å². The van der Waals surface area contributed by atoms with Crippen LogP contribution in [0.15, 0.2) is 22.6 Å². The molecule has 1 aromatic carbocycles. The highest BCUT2D eigenvalue weighted by Gasteiger charge is 2.32. The van der Waals surface area contributed by atoms with Crippen LogP contribution in [0.5, 0.6) is 5.75 Å². The van der Waals surface area contributed by atoms with Crippen molar-refractivity contribution in [1.29, 1.82) is 0 Å². The zero-order valence-electron chi connectivity index (χ0n) is 13.7. The maximum absolute atomic E-state index is 11.3. The van der Waals surface area contributed by atoms with Crippen LogP contribution in [0.25, 0.3) is 11.1 Å². The molecule has 9 heteroatoms. The number of oxazole rings is 1. The van der Waals surface area contributed by atoms with Gasteiger partial charge in [0.15, 0.2) is 11.5 Å². The summed E-state index contributed by atoms with van der Waals surface area (Å²) in [6, 6.07) is 4.86. The average Bonchev–Trinajstić information content (AvgIpc) is 2.93. The topological polar surface area (TPSA) is 116 Å².